The minimum Gasteiger partial charge on any atom is -0.368 e. The predicted octanol–water partition coefficient (Wildman–Crippen LogP) is 4.32. The van der Waals surface area contributed by atoms with Crippen molar-refractivity contribution in [2.45, 2.75) is 6.18 Å². The molecule has 0 N–H and O–H groups in total. The molecule has 5 nitrogen and oxygen atoms in total. The highest BCUT2D eigenvalue weighted by atomic mass is 19.4. The lowest BCUT2D eigenvalue weighted by atomic mass is 10.1. The number of halogens is 3. The van der Waals surface area contributed by atoms with E-state index < -0.39 is 11.7 Å². The number of anilines is 1. The Hall–Kier alpha value is -3.29. The van der Waals surface area contributed by atoms with Crippen LogP contribution in [0.3, 0.4) is 0 Å². The Morgan fingerprint density at radius 1 is 0.931 bits per heavy atom. The molecule has 1 amide bonds. The maximum Gasteiger partial charge on any atom is 0.416 e. The van der Waals surface area contributed by atoms with Crippen LogP contribution in [0.1, 0.15) is 16.1 Å². The number of carbonyl (C=O) groups excluding carboxylic acids is 1. The molecular weight excluding hydrogens is 383 g/mol. The third-order valence-electron chi connectivity index (χ3n) is 4.89. The van der Waals surface area contributed by atoms with Crippen LogP contribution in [0, 0.1) is 0 Å². The van der Waals surface area contributed by atoms with Gasteiger partial charge in [0.1, 0.15) is 0 Å². The molecule has 1 saturated heterocycles. The van der Waals surface area contributed by atoms with Crippen LogP contribution in [0.5, 0.6) is 0 Å². The summed E-state index contributed by atoms with van der Waals surface area (Å²) in [5.74, 6) is 0.260. The number of amides is 1. The monoisotopic (exact) mass is 401 g/mol. The van der Waals surface area contributed by atoms with Crippen molar-refractivity contribution < 1.29 is 22.5 Å². The molecule has 8 heteroatoms. The fraction of sp³-hybridized carbons (Fsp3) is 0.238. The van der Waals surface area contributed by atoms with E-state index in [1.54, 1.807) is 17.0 Å². The highest BCUT2D eigenvalue weighted by Gasteiger charge is 2.31. The van der Waals surface area contributed by atoms with Crippen molar-refractivity contribution in [1.82, 2.24) is 10.1 Å². The zero-order chi connectivity index (χ0) is 20.4. The van der Waals surface area contributed by atoms with E-state index in [-0.39, 0.29) is 11.6 Å². The number of hydrogen-bond acceptors (Lipinski definition) is 4. The first-order valence-electron chi connectivity index (χ1n) is 9.15. The topological polar surface area (TPSA) is 49.6 Å². The second kappa shape index (κ2) is 7.62. The number of benzene rings is 2. The quantitative estimate of drug-likeness (QED) is 0.656. The zero-order valence-electron chi connectivity index (χ0n) is 15.4. The molecule has 1 fully saturated rings. The maximum absolute atomic E-state index is 12.9. The Balaban J connectivity index is 1.41. The summed E-state index contributed by atoms with van der Waals surface area (Å²) < 4.78 is 44.1. The first-order chi connectivity index (χ1) is 13.9. The molecule has 2 heterocycles. The number of nitrogens with zero attached hydrogens (tertiary/aromatic N) is 3. The Bertz CT molecular complexity index is 994. The van der Waals surface area contributed by atoms with Crippen molar-refractivity contribution in [2.75, 3.05) is 31.1 Å². The van der Waals surface area contributed by atoms with Crippen LogP contribution >= 0.6 is 0 Å². The first-order valence-corrected chi connectivity index (χ1v) is 9.15. The third-order valence-corrected chi connectivity index (χ3v) is 4.89. The van der Waals surface area contributed by atoms with Gasteiger partial charge in [0.05, 0.1) is 5.56 Å². The second-order valence-electron chi connectivity index (χ2n) is 6.77. The van der Waals surface area contributed by atoms with Crippen LogP contribution in [0.15, 0.2) is 65.2 Å². The van der Waals surface area contributed by atoms with Gasteiger partial charge in [-0.2, -0.15) is 13.2 Å². The van der Waals surface area contributed by atoms with Crippen LogP contribution in [-0.2, 0) is 6.18 Å². The van der Waals surface area contributed by atoms with Crippen LogP contribution in [-0.4, -0.2) is 42.1 Å². The molecule has 0 aliphatic carbocycles. The summed E-state index contributed by atoms with van der Waals surface area (Å²) in [5.41, 5.74) is 0.869. The molecule has 0 bridgehead atoms. The van der Waals surface area contributed by atoms with Gasteiger partial charge in [-0.1, -0.05) is 41.6 Å². The molecule has 0 unspecified atom stereocenters. The second-order valence-corrected chi connectivity index (χ2v) is 6.77. The van der Waals surface area contributed by atoms with E-state index in [9.17, 15) is 18.0 Å². The third kappa shape index (κ3) is 4.11. The SMILES string of the molecule is O=C(c1cc(-c2ccccc2)on1)N1CCN(c2cccc(C(F)(F)F)c2)CC1. The predicted molar refractivity (Wildman–Crippen MR) is 101 cm³/mol. The number of alkyl halides is 3. The average Bonchev–Trinajstić information content (AvgIpc) is 3.24. The van der Waals surface area contributed by atoms with E-state index >= 15 is 0 Å². The summed E-state index contributed by atoms with van der Waals surface area (Å²) in [6.45, 7) is 1.66. The van der Waals surface area contributed by atoms with Gasteiger partial charge in [-0.25, -0.2) is 0 Å². The van der Waals surface area contributed by atoms with E-state index in [0.717, 1.165) is 17.7 Å². The molecule has 0 saturated carbocycles. The molecule has 29 heavy (non-hydrogen) atoms. The van der Waals surface area contributed by atoms with Crippen LogP contribution < -0.4 is 4.90 Å². The summed E-state index contributed by atoms with van der Waals surface area (Å²) in [6.07, 6.45) is -4.38. The van der Waals surface area contributed by atoms with E-state index in [0.29, 0.717) is 37.6 Å². The van der Waals surface area contributed by atoms with Gasteiger partial charge in [-0.3, -0.25) is 4.79 Å². The van der Waals surface area contributed by atoms with E-state index in [2.05, 4.69) is 5.16 Å². The average molecular weight is 401 g/mol. The molecule has 0 spiro atoms. The molecule has 1 aromatic heterocycles. The lowest BCUT2D eigenvalue weighted by Gasteiger charge is -2.36. The van der Waals surface area contributed by atoms with Crippen LogP contribution in [0.4, 0.5) is 18.9 Å². The first kappa shape index (κ1) is 19.0. The number of carbonyl (C=O) groups is 1. The van der Waals surface area contributed by atoms with Crippen molar-refractivity contribution in [3.05, 3.63) is 71.9 Å². The van der Waals surface area contributed by atoms with E-state index in [4.69, 9.17) is 4.52 Å². The molecule has 1 aliphatic rings. The van der Waals surface area contributed by atoms with Crippen molar-refractivity contribution in [2.24, 2.45) is 0 Å². The van der Waals surface area contributed by atoms with Gasteiger partial charge < -0.3 is 14.3 Å². The highest BCUT2D eigenvalue weighted by Crippen LogP contribution is 2.32. The van der Waals surface area contributed by atoms with Crippen LogP contribution in [0.25, 0.3) is 11.3 Å². The Labute approximate surface area is 165 Å². The van der Waals surface area contributed by atoms with Crippen molar-refractivity contribution in [3.8, 4) is 11.3 Å². The molecule has 1 aliphatic heterocycles. The molecule has 0 atom stereocenters. The molecular formula is C21H18F3N3O2. The van der Waals surface area contributed by atoms with Gasteiger partial charge in [0.15, 0.2) is 11.5 Å². The molecule has 2 aromatic carbocycles. The van der Waals surface area contributed by atoms with Gasteiger partial charge in [0.25, 0.3) is 5.91 Å². The minimum atomic E-state index is -4.38. The summed E-state index contributed by atoms with van der Waals surface area (Å²) in [4.78, 5) is 16.2. The summed E-state index contributed by atoms with van der Waals surface area (Å²) >= 11 is 0. The van der Waals surface area contributed by atoms with Crippen LogP contribution in [0.2, 0.25) is 0 Å². The van der Waals surface area contributed by atoms with Crippen molar-refractivity contribution in [3.63, 3.8) is 0 Å². The normalized spacial score (nSPS) is 14.9. The summed E-state index contributed by atoms with van der Waals surface area (Å²) in [5, 5.41) is 3.88. The van der Waals surface area contributed by atoms with Gasteiger partial charge in [0, 0.05) is 43.5 Å². The number of aromatic nitrogens is 1. The Morgan fingerprint density at radius 2 is 1.66 bits per heavy atom. The summed E-state index contributed by atoms with van der Waals surface area (Å²) in [7, 11) is 0. The van der Waals surface area contributed by atoms with Crippen molar-refractivity contribution in [1.29, 1.82) is 0 Å². The largest absolute Gasteiger partial charge is 0.416 e. The van der Waals surface area contributed by atoms with E-state index in [1.165, 1.54) is 6.07 Å². The number of hydrogen-bond donors (Lipinski definition) is 0. The molecule has 3 aromatic rings. The zero-order valence-corrected chi connectivity index (χ0v) is 15.4. The van der Waals surface area contributed by atoms with Gasteiger partial charge >= 0.3 is 6.18 Å². The Morgan fingerprint density at radius 3 is 2.34 bits per heavy atom. The van der Waals surface area contributed by atoms with Gasteiger partial charge in [-0.05, 0) is 18.2 Å². The minimum absolute atomic E-state index is 0.219. The highest BCUT2D eigenvalue weighted by molar-refractivity contribution is 5.93. The molecule has 0 radical (unpaired) electrons. The molecule has 4 rings (SSSR count). The molecule has 150 valence electrons. The Kier molecular flexibility index (Phi) is 5.00. The fourth-order valence-corrected chi connectivity index (χ4v) is 3.32. The standard InChI is InChI=1S/C21H18F3N3O2/c22-21(23,24)16-7-4-8-17(13-16)26-9-11-27(12-10-26)20(28)18-14-19(29-25-18)15-5-2-1-3-6-15/h1-8,13-14H,9-12H2. The van der Waals surface area contributed by atoms with Gasteiger partial charge in [0.2, 0.25) is 0 Å². The number of piperazine rings is 1. The smallest absolute Gasteiger partial charge is 0.368 e. The maximum atomic E-state index is 12.9. The summed E-state index contributed by atoms with van der Waals surface area (Å²) in [6, 6.07) is 16.2. The van der Waals surface area contributed by atoms with E-state index in [1.807, 2.05) is 35.2 Å². The number of rotatable bonds is 3. The van der Waals surface area contributed by atoms with Crippen molar-refractivity contribution >= 4 is 11.6 Å². The lowest BCUT2D eigenvalue weighted by molar-refractivity contribution is -0.137. The van der Waals surface area contributed by atoms with Gasteiger partial charge in [-0.15, -0.1) is 0 Å². The fourth-order valence-electron chi connectivity index (χ4n) is 3.32. The lowest BCUT2D eigenvalue weighted by Crippen LogP contribution is -2.48.